The van der Waals surface area contributed by atoms with E-state index in [1.165, 1.54) is 24.7 Å². The van der Waals surface area contributed by atoms with Gasteiger partial charge in [0.25, 0.3) is 5.88 Å². The van der Waals surface area contributed by atoms with E-state index < -0.39 is 0 Å². The highest BCUT2D eigenvalue weighted by molar-refractivity contribution is 9.10. The lowest BCUT2D eigenvalue weighted by atomic mass is 10.2. The number of ether oxygens (including phenoxy) is 1. The van der Waals surface area contributed by atoms with Gasteiger partial charge >= 0.3 is 0 Å². The maximum Gasteiger partial charge on any atom is 0.250 e. The highest BCUT2D eigenvalue weighted by Gasteiger charge is 2.19. The minimum Gasteiger partial charge on any atom is -0.504 e. The number of hydrogen-bond acceptors (Lipinski definition) is 7. The van der Waals surface area contributed by atoms with E-state index in [1.54, 1.807) is 0 Å². The van der Waals surface area contributed by atoms with Crippen LogP contribution in [0.1, 0.15) is 5.56 Å². The molecule has 25 heavy (non-hydrogen) atoms. The molecule has 1 aliphatic rings. The molecule has 0 atom stereocenters. The molecule has 0 radical (unpaired) electrons. The summed E-state index contributed by atoms with van der Waals surface area (Å²) in [4.78, 5) is 12.7. The third-order valence-corrected chi connectivity index (χ3v) is 4.02. The number of aliphatic imine (C=N–C) groups is 1. The highest BCUT2D eigenvalue weighted by atomic mass is 79.9. The molecule has 0 spiro atoms. The van der Waals surface area contributed by atoms with Gasteiger partial charge in [0.1, 0.15) is 12.1 Å². The molecule has 0 bridgehead atoms. The molecule has 0 amide bonds. The summed E-state index contributed by atoms with van der Waals surface area (Å²) in [6.07, 6.45) is 2.88. The Balaban J connectivity index is 1.76. The third kappa shape index (κ3) is 2.99. The molecule has 1 aliphatic heterocycles. The molecule has 0 saturated heterocycles. The molecular weight excluding hydrogens is 388 g/mol. The van der Waals surface area contributed by atoms with Crippen LogP contribution in [0, 0.1) is 0 Å². The number of phenolic OH excluding ortho intramolecular Hbond substituents is 2. The van der Waals surface area contributed by atoms with Gasteiger partial charge < -0.3 is 20.3 Å². The van der Waals surface area contributed by atoms with Crippen LogP contribution in [-0.4, -0.2) is 26.4 Å². The molecule has 3 aromatic rings. The number of anilines is 2. The average molecular weight is 399 g/mol. The normalized spacial score (nSPS) is 11.9. The number of nitrogens with zero attached hydrogens (tertiary/aromatic N) is 3. The Bertz CT molecular complexity index is 1010. The van der Waals surface area contributed by atoms with Crippen LogP contribution in [0.4, 0.5) is 17.2 Å². The number of fused-ring (bicyclic) bond motifs is 2. The van der Waals surface area contributed by atoms with Crippen molar-refractivity contribution in [3.8, 4) is 23.1 Å². The van der Waals surface area contributed by atoms with Crippen molar-refractivity contribution in [3.63, 3.8) is 0 Å². The zero-order valence-electron chi connectivity index (χ0n) is 12.6. The largest absolute Gasteiger partial charge is 0.504 e. The molecule has 0 fully saturated rings. The Morgan fingerprint density at radius 1 is 1.04 bits per heavy atom. The number of rotatable bonds is 2. The number of nitrogens with one attached hydrogen (secondary N) is 1. The lowest BCUT2D eigenvalue weighted by molar-refractivity contribution is 0.396. The number of aromatic nitrogens is 2. The van der Waals surface area contributed by atoms with Crippen molar-refractivity contribution < 1.29 is 14.9 Å². The molecule has 7 nitrogen and oxygen atoms in total. The summed E-state index contributed by atoms with van der Waals surface area (Å²) in [5.41, 5.74) is 1.75. The van der Waals surface area contributed by atoms with Crippen LogP contribution in [0.5, 0.6) is 23.1 Å². The van der Waals surface area contributed by atoms with Gasteiger partial charge in [0, 0.05) is 28.0 Å². The van der Waals surface area contributed by atoms with Gasteiger partial charge in [-0.25, -0.2) is 9.98 Å². The first-order chi connectivity index (χ1) is 12.1. The first-order valence-electron chi connectivity index (χ1n) is 7.25. The van der Waals surface area contributed by atoms with E-state index in [0.29, 0.717) is 22.8 Å². The van der Waals surface area contributed by atoms with E-state index in [1.807, 2.05) is 24.3 Å². The predicted octanol–water partition coefficient (Wildman–Crippen LogP) is 4.25. The van der Waals surface area contributed by atoms with Crippen LogP contribution in [0.3, 0.4) is 0 Å². The summed E-state index contributed by atoms with van der Waals surface area (Å²) in [6, 6.07) is 10.3. The second-order valence-corrected chi connectivity index (χ2v) is 6.17. The van der Waals surface area contributed by atoms with Gasteiger partial charge in [-0.05, 0) is 24.3 Å². The average Bonchev–Trinajstić information content (AvgIpc) is 2.75. The molecule has 124 valence electrons. The van der Waals surface area contributed by atoms with Gasteiger partial charge in [0.05, 0.1) is 0 Å². The summed E-state index contributed by atoms with van der Waals surface area (Å²) >= 11 is 3.42. The second kappa shape index (κ2) is 6.06. The first kappa shape index (κ1) is 15.4. The fourth-order valence-electron chi connectivity index (χ4n) is 2.35. The van der Waals surface area contributed by atoms with Gasteiger partial charge in [-0.3, -0.25) is 0 Å². The van der Waals surface area contributed by atoms with Crippen LogP contribution in [0.25, 0.3) is 0 Å². The van der Waals surface area contributed by atoms with Crippen LogP contribution in [0.2, 0.25) is 0 Å². The summed E-state index contributed by atoms with van der Waals surface area (Å²) in [5, 5.41) is 22.5. The Hall–Kier alpha value is -3.13. The van der Waals surface area contributed by atoms with Crippen LogP contribution >= 0.6 is 15.9 Å². The van der Waals surface area contributed by atoms with E-state index in [2.05, 4.69) is 36.2 Å². The van der Waals surface area contributed by atoms with Crippen molar-refractivity contribution in [1.29, 1.82) is 0 Å². The van der Waals surface area contributed by atoms with Gasteiger partial charge in [-0.1, -0.05) is 22.0 Å². The molecule has 0 aliphatic carbocycles. The summed E-state index contributed by atoms with van der Waals surface area (Å²) in [5.74, 6) is 0.522. The van der Waals surface area contributed by atoms with Crippen LogP contribution in [0.15, 0.2) is 52.2 Å². The maximum absolute atomic E-state index is 9.67. The van der Waals surface area contributed by atoms with E-state index in [4.69, 9.17) is 4.74 Å². The van der Waals surface area contributed by atoms with Crippen molar-refractivity contribution >= 4 is 39.3 Å². The molecule has 1 aromatic heterocycles. The van der Waals surface area contributed by atoms with Crippen molar-refractivity contribution in [3.05, 3.63) is 52.8 Å². The summed E-state index contributed by atoms with van der Waals surface area (Å²) in [6.45, 7) is 0. The second-order valence-electron chi connectivity index (χ2n) is 5.25. The topological polar surface area (TPSA) is 99.9 Å². The van der Waals surface area contributed by atoms with E-state index in [9.17, 15) is 10.2 Å². The van der Waals surface area contributed by atoms with Gasteiger partial charge in [-0.2, -0.15) is 4.98 Å². The van der Waals surface area contributed by atoms with E-state index >= 15 is 0 Å². The molecular formula is C17H11BrN4O3. The fourth-order valence-corrected chi connectivity index (χ4v) is 2.75. The van der Waals surface area contributed by atoms with E-state index in [0.717, 1.165) is 10.2 Å². The minimum atomic E-state index is -0.280. The Labute approximate surface area is 150 Å². The zero-order chi connectivity index (χ0) is 17.4. The number of hydrogen-bond donors (Lipinski definition) is 3. The number of benzene rings is 2. The Morgan fingerprint density at radius 2 is 1.88 bits per heavy atom. The van der Waals surface area contributed by atoms with Crippen LogP contribution < -0.4 is 10.1 Å². The van der Waals surface area contributed by atoms with Crippen molar-refractivity contribution in [2.45, 2.75) is 0 Å². The highest BCUT2D eigenvalue weighted by Crippen LogP contribution is 2.42. The molecule has 2 aromatic carbocycles. The van der Waals surface area contributed by atoms with Gasteiger partial charge in [0.2, 0.25) is 0 Å². The lowest BCUT2D eigenvalue weighted by Gasteiger charge is -2.11. The maximum atomic E-state index is 9.67. The number of phenols is 2. The zero-order valence-corrected chi connectivity index (χ0v) is 14.2. The monoisotopic (exact) mass is 398 g/mol. The summed E-state index contributed by atoms with van der Waals surface area (Å²) in [7, 11) is 0. The predicted molar refractivity (Wildman–Crippen MR) is 96.6 cm³/mol. The molecule has 3 N–H and O–H groups in total. The van der Waals surface area contributed by atoms with Gasteiger partial charge in [0.15, 0.2) is 23.0 Å². The molecule has 0 unspecified atom stereocenters. The molecule has 8 heteroatoms. The quantitative estimate of drug-likeness (QED) is 0.436. The molecule has 2 heterocycles. The van der Waals surface area contributed by atoms with Crippen LogP contribution in [-0.2, 0) is 0 Å². The summed E-state index contributed by atoms with van der Waals surface area (Å²) < 4.78 is 6.67. The first-order valence-corrected chi connectivity index (χ1v) is 8.05. The standard InChI is InChI=1S/C17H11BrN4O3/c18-10-2-1-3-11(5-10)22-16-15-17(21-8-20-16)25-14-6-13(24)12(23)4-9(14)7-19-15/h1-8,23-24H,(H,20,21,22). The molecule has 0 saturated carbocycles. The van der Waals surface area contributed by atoms with Crippen molar-refractivity contribution in [2.24, 2.45) is 4.99 Å². The fraction of sp³-hybridized carbons (Fsp3) is 0. The van der Waals surface area contributed by atoms with Gasteiger partial charge in [-0.15, -0.1) is 0 Å². The lowest BCUT2D eigenvalue weighted by Crippen LogP contribution is -1.97. The number of halogens is 1. The van der Waals surface area contributed by atoms with Crippen molar-refractivity contribution in [2.75, 3.05) is 5.32 Å². The number of aromatic hydroxyl groups is 2. The Kier molecular flexibility index (Phi) is 3.73. The van der Waals surface area contributed by atoms with Crippen molar-refractivity contribution in [1.82, 2.24) is 9.97 Å². The van der Waals surface area contributed by atoms with E-state index in [-0.39, 0.29) is 17.4 Å². The minimum absolute atomic E-state index is 0.243. The Morgan fingerprint density at radius 3 is 2.72 bits per heavy atom. The molecule has 4 rings (SSSR count). The third-order valence-electron chi connectivity index (χ3n) is 3.52. The smallest absolute Gasteiger partial charge is 0.250 e. The SMILES string of the molecule is Oc1cc2c(cc1O)Oc1ncnc(Nc3cccc(Br)c3)c1N=C2.